The molecule has 32 heavy (non-hydrogen) atoms. The van der Waals surface area contributed by atoms with Gasteiger partial charge in [-0.3, -0.25) is 0 Å². The lowest BCUT2D eigenvalue weighted by Crippen LogP contribution is -2.09. The number of rotatable bonds is 3. The fourth-order valence-electron chi connectivity index (χ4n) is 3.70. The first-order chi connectivity index (χ1) is 15.5. The van der Waals surface area contributed by atoms with Gasteiger partial charge in [-0.05, 0) is 50.9 Å². The molecule has 0 saturated heterocycles. The van der Waals surface area contributed by atoms with E-state index in [0.717, 1.165) is 0 Å². The Kier molecular flexibility index (Phi) is 5.95. The second-order valence-electron chi connectivity index (χ2n) is 7.25. The molecule has 0 fully saturated rings. The Morgan fingerprint density at radius 3 is 1.41 bits per heavy atom. The predicted octanol–water partition coefficient (Wildman–Crippen LogP) is 6.74. The monoisotopic (exact) mass is 420 g/mol. The van der Waals surface area contributed by atoms with Gasteiger partial charge in [0.2, 0.25) is 0 Å². The van der Waals surface area contributed by atoms with Gasteiger partial charge in [-0.2, -0.15) is 0 Å². The van der Waals surface area contributed by atoms with Crippen molar-refractivity contribution in [1.29, 1.82) is 0 Å². The molecule has 0 aliphatic heterocycles. The normalized spacial score (nSPS) is 10.4. The molecular formula is C28H20O4. The third-order valence-electron chi connectivity index (χ3n) is 5.21. The number of carboxylic acids is 2. The van der Waals surface area contributed by atoms with Crippen LogP contribution < -0.4 is 0 Å². The first-order valence-electron chi connectivity index (χ1n) is 10.1. The van der Waals surface area contributed by atoms with Gasteiger partial charge in [0.15, 0.2) is 0 Å². The zero-order chi connectivity index (χ0) is 22.5. The second-order valence-corrected chi connectivity index (χ2v) is 7.25. The first-order valence-corrected chi connectivity index (χ1v) is 10.1. The van der Waals surface area contributed by atoms with Gasteiger partial charge in [-0.15, -0.1) is 0 Å². The van der Waals surface area contributed by atoms with Crippen LogP contribution in [-0.4, -0.2) is 22.2 Å². The lowest BCUT2D eigenvalue weighted by molar-refractivity contribution is 0.0652. The fourth-order valence-corrected chi connectivity index (χ4v) is 3.70. The maximum absolute atomic E-state index is 11.3. The van der Waals surface area contributed by atoms with Crippen molar-refractivity contribution in [3.63, 3.8) is 0 Å². The van der Waals surface area contributed by atoms with Gasteiger partial charge in [-0.1, -0.05) is 91.0 Å². The van der Waals surface area contributed by atoms with Crippen molar-refractivity contribution < 1.29 is 19.8 Å². The summed E-state index contributed by atoms with van der Waals surface area (Å²) in [6.45, 7) is 0. The molecule has 0 radical (unpaired) electrons. The minimum Gasteiger partial charge on any atom is -0.478 e. The van der Waals surface area contributed by atoms with E-state index >= 15 is 0 Å². The van der Waals surface area contributed by atoms with Crippen LogP contribution in [0.15, 0.2) is 109 Å². The second kappa shape index (κ2) is 9.14. The van der Waals surface area contributed by atoms with Crippen molar-refractivity contribution in [3.05, 3.63) is 120 Å². The molecule has 0 aliphatic rings. The van der Waals surface area contributed by atoms with Crippen molar-refractivity contribution in [2.24, 2.45) is 0 Å². The highest BCUT2D eigenvalue weighted by molar-refractivity contribution is 6.06. The summed E-state index contributed by atoms with van der Waals surface area (Å²) in [4.78, 5) is 22.3. The maximum atomic E-state index is 11.3. The summed E-state index contributed by atoms with van der Waals surface area (Å²) in [5.41, 5.74) is 0.695. The highest BCUT2D eigenvalue weighted by Crippen LogP contribution is 2.26. The molecule has 5 aromatic rings. The molecule has 0 unspecified atom stereocenters. The fraction of sp³-hybridized carbons (Fsp3) is 0. The van der Waals surface area contributed by atoms with Crippen molar-refractivity contribution in [3.8, 4) is 11.1 Å². The van der Waals surface area contributed by atoms with Crippen LogP contribution in [0.3, 0.4) is 0 Å². The van der Waals surface area contributed by atoms with Crippen molar-refractivity contribution in [2.45, 2.75) is 0 Å². The van der Waals surface area contributed by atoms with Gasteiger partial charge in [-0.25, -0.2) is 9.59 Å². The molecule has 0 amide bonds. The molecule has 0 spiro atoms. The average molecular weight is 420 g/mol. The number of hydrogen-bond acceptors (Lipinski definition) is 2. The smallest absolute Gasteiger partial charge is 0.337 e. The summed E-state index contributed by atoms with van der Waals surface area (Å²) in [7, 11) is 0. The van der Waals surface area contributed by atoms with E-state index in [1.54, 1.807) is 30.3 Å². The van der Waals surface area contributed by atoms with Crippen molar-refractivity contribution >= 4 is 33.5 Å². The summed E-state index contributed by atoms with van der Waals surface area (Å²) in [5, 5.41) is 23.5. The van der Waals surface area contributed by atoms with Crippen LogP contribution in [0.1, 0.15) is 20.7 Å². The Morgan fingerprint density at radius 1 is 0.500 bits per heavy atom. The first kappa shape index (κ1) is 20.8. The van der Waals surface area contributed by atoms with Crippen LogP contribution in [-0.2, 0) is 0 Å². The molecule has 2 N–H and O–H groups in total. The van der Waals surface area contributed by atoms with E-state index in [1.807, 2.05) is 6.07 Å². The highest BCUT2D eigenvalue weighted by atomic mass is 16.4. The Balaban J connectivity index is 0.000000157. The summed E-state index contributed by atoms with van der Waals surface area (Å²) >= 11 is 0. The predicted molar refractivity (Wildman–Crippen MR) is 127 cm³/mol. The van der Waals surface area contributed by atoms with Gasteiger partial charge in [0.25, 0.3) is 0 Å². The molecule has 4 nitrogen and oxygen atoms in total. The molecule has 156 valence electrons. The molecule has 5 rings (SSSR count). The molecule has 0 aromatic heterocycles. The van der Waals surface area contributed by atoms with Crippen LogP contribution in [0, 0.1) is 0 Å². The van der Waals surface area contributed by atoms with Crippen LogP contribution >= 0.6 is 0 Å². The van der Waals surface area contributed by atoms with Gasteiger partial charge in [0.05, 0.1) is 11.1 Å². The van der Waals surface area contributed by atoms with E-state index in [9.17, 15) is 14.7 Å². The van der Waals surface area contributed by atoms with E-state index in [4.69, 9.17) is 5.11 Å². The van der Waals surface area contributed by atoms with Crippen LogP contribution in [0.2, 0.25) is 0 Å². The number of aromatic carboxylic acids is 2. The van der Waals surface area contributed by atoms with E-state index < -0.39 is 11.9 Å². The molecule has 0 atom stereocenters. The van der Waals surface area contributed by atoms with Gasteiger partial charge < -0.3 is 10.2 Å². The molecule has 5 aromatic carbocycles. The van der Waals surface area contributed by atoms with Crippen molar-refractivity contribution in [2.75, 3.05) is 0 Å². The number of fused-ring (bicyclic) bond motifs is 2. The Bertz CT molecular complexity index is 1320. The van der Waals surface area contributed by atoms with Crippen LogP contribution in [0.25, 0.3) is 32.7 Å². The quantitative estimate of drug-likeness (QED) is 0.317. The van der Waals surface area contributed by atoms with E-state index in [2.05, 4.69) is 60.7 Å². The zero-order valence-electron chi connectivity index (χ0n) is 17.1. The summed E-state index contributed by atoms with van der Waals surface area (Å²) < 4.78 is 0. The largest absolute Gasteiger partial charge is 0.478 e. The standard InChI is InChI=1S/C14H10O4.C14H10/c15-13(16)11-8-4-7-10(12(11)14(17)18)9-5-2-1-3-6-9;1-2-6-12-10-14-8-4-3-7-13(14)9-11(12)5-1/h1-8H,(H,15,16)(H,17,18);1-10H. The molecule has 0 saturated carbocycles. The van der Waals surface area contributed by atoms with E-state index in [-0.39, 0.29) is 11.1 Å². The molecule has 0 aliphatic carbocycles. The molecule has 0 bridgehead atoms. The lowest BCUT2D eigenvalue weighted by atomic mass is 9.95. The summed E-state index contributed by atoms with van der Waals surface area (Å²) in [6, 6.07) is 34.7. The lowest BCUT2D eigenvalue weighted by Gasteiger charge is -2.08. The Labute approximate surface area is 185 Å². The van der Waals surface area contributed by atoms with Crippen molar-refractivity contribution in [1.82, 2.24) is 0 Å². The van der Waals surface area contributed by atoms with Crippen LogP contribution in [0.4, 0.5) is 0 Å². The van der Waals surface area contributed by atoms with Gasteiger partial charge >= 0.3 is 11.9 Å². The zero-order valence-corrected chi connectivity index (χ0v) is 17.1. The minimum atomic E-state index is -1.25. The Hall–Kier alpha value is -4.44. The summed E-state index contributed by atoms with van der Waals surface area (Å²) in [5.74, 6) is -2.49. The number of carbonyl (C=O) groups is 2. The Morgan fingerprint density at radius 2 is 0.969 bits per heavy atom. The molecular weight excluding hydrogens is 400 g/mol. The third-order valence-corrected chi connectivity index (χ3v) is 5.21. The third kappa shape index (κ3) is 4.35. The van der Waals surface area contributed by atoms with E-state index in [0.29, 0.717) is 11.1 Å². The molecule has 0 heterocycles. The number of benzene rings is 5. The average Bonchev–Trinajstić information content (AvgIpc) is 2.83. The molecule has 4 heteroatoms. The van der Waals surface area contributed by atoms with Gasteiger partial charge in [0.1, 0.15) is 0 Å². The minimum absolute atomic E-state index is 0.184. The van der Waals surface area contributed by atoms with Gasteiger partial charge in [0, 0.05) is 0 Å². The maximum Gasteiger partial charge on any atom is 0.337 e. The van der Waals surface area contributed by atoms with Crippen LogP contribution in [0.5, 0.6) is 0 Å². The topological polar surface area (TPSA) is 74.6 Å². The highest BCUT2D eigenvalue weighted by Gasteiger charge is 2.20. The van der Waals surface area contributed by atoms with E-state index in [1.165, 1.54) is 33.7 Å². The number of carboxylic acid groups (broad SMARTS) is 2. The SMILES string of the molecule is O=C(O)c1cccc(-c2ccccc2)c1C(=O)O.c1ccc2cc3ccccc3cc2c1. The number of hydrogen-bond donors (Lipinski definition) is 2. The summed E-state index contributed by atoms with van der Waals surface area (Å²) in [6.07, 6.45) is 0.